The van der Waals surface area contributed by atoms with Crippen LogP contribution in [0.1, 0.15) is 19.3 Å². The Morgan fingerprint density at radius 2 is 2.41 bits per heavy atom. The van der Waals surface area contributed by atoms with Crippen LogP contribution in [0.4, 0.5) is 5.69 Å². The second-order valence-corrected chi connectivity index (χ2v) is 4.08. The van der Waals surface area contributed by atoms with Crippen molar-refractivity contribution < 1.29 is 9.53 Å². The second kappa shape index (κ2) is 5.63. The van der Waals surface area contributed by atoms with Crippen LogP contribution < -0.4 is 15.4 Å². The number of hydrogen-bond acceptors (Lipinski definition) is 4. The molecule has 1 aliphatic heterocycles. The smallest absolute Gasteiger partial charge is 0.241 e. The van der Waals surface area contributed by atoms with Crippen molar-refractivity contribution >= 4 is 11.6 Å². The van der Waals surface area contributed by atoms with E-state index in [2.05, 4.69) is 15.6 Å². The minimum absolute atomic E-state index is 0.0108. The molecule has 2 N–H and O–H groups in total. The predicted octanol–water partition coefficient (Wildman–Crippen LogP) is 1.17. The monoisotopic (exact) mass is 235 g/mol. The van der Waals surface area contributed by atoms with E-state index in [1.165, 1.54) is 0 Å². The van der Waals surface area contributed by atoms with Crippen LogP contribution in [0.3, 0.4) is 0 Å². The predicted molar refractivity (Wildman–Crippen MR) is 65.1 cm³/mol. The van der Waals surface area contributed by atoms with Gasteiger partial charge in [-0.2, -0.15) is 0 Å². The first-order chi connectivity index (χ1) is 8.29. The number of nitrogens with one attached hydrogen (secondary N) is 2. The number of piperidine rings is 1. The SMILES string of the molecule is COc1ccc(NC(=O)[C@H]2CCCCN2)cn1. The molecule has 1 saturated heterocycles. The van der Waals surface area contributed by atoms with Gasteiger partial charge in [0.1, 0.15) is 0 Å². The van der Waals surface area contributed by atoms with E-state index in [9.17, 15) is 4.79 Å². The molecule has 1 aromatic heterocycles. The molecule has 2 heterocycles. The number of rotatable bonds is 3. The second-order valence-electron chi connectivity index (χ2n) is 4.08. The summed E-state index contributed by atoms with van der Waals surface area (Å²) < 4.78 is 4.95. The van der Waals surface area contributed by atoms with E-state index >= 15 is 0 Å². The third kappa shape index (κ3) is 3.17. The van der Waals surface area contributed by atoms with Gasteiger partial charge in [-0.1, -0.05) is 6.42 Å². The van der Waals surface area contributed by atoms with Crippen LogP contribution >= 0.6 is 0 Å². The van der Waals surface area contributed by atoms with Crippen molar-refractivity contribution in [1.82, 2.24) is 10.3 Å². The Balaban J connectivity index is 1.92. The highest BCUT2D eigenvalue weighted by Crippen LogP contribution is 2.13. The number of aromatic nitrogens is 1. The van der Waals surface area contributed by atoms with E-state index in [0.717, 1.165) is 25.8 Å². The van der Waals surface area contributed by atoms with Crippen molar-refractivity contribution in [2.45, 2.75) is 25.3 Å². The highest BCUT2D eigenvalue weighted by molar-refractivity contribution is 5.94. The normalized spacial score (nSPS) is 19.7. The molecule has 0 bridgehead atoms. The molecule has 0 spiro atoms. The van der Waals surface area contributed by atoms with Crippen LogP contribution in [0.25, 0.3) is 0 Å². The number of carbonyl (C=O) groups is 1. The molecule has 0 unspecified atom stereocenters. The standard InChI is InChI=1S/C12H17N3O2/c1-17-11-6-5-9(8-14-11)15-12(16)10-4-2-3-7-13-10/h5-6,8,10,13H,2-4,7H2,1H3,(H,15,16)/t10-/m1/s1. The topological polar surface area (TPSA) is 63.2 Å². The molecule has 1 aromatic rings. The lowest BCUT2D eigenvalue weighted by atomic mass is 10.0. The van der Waals surface area contributed by atoms with Crippen molar-refractivity contribution in [2.75, 3.05) is 19.0 Å². The zero-order valence-corrected chi connectivity index (χ0v) is 9.90. The molecule has 0 aromatic carbocycles. The van der Waals surface area contributed by atoms with Gasteiger partial charge in [-0.15, -0.1) is 0 Å². The maximum Gasteiger partial charge on any atom is 0.241 e. The molecular formula is C12H17N3O2. The van der Waals surface area contributed by atoms with E-state index in [0.29, 0.717) is 11.6 Å². The quantitative estimate of drug-likeness (QED) is 0.825. The number of amides is 1. The summed E-state index contributed by atoms with van der Waals surface area (Å²) in [6, 6.07) is 3.43. The molecular weight excluding hydrogens is 218 g/mol. The number of methoxy groups -OCH3 is 1. The average Bonchev–Trinajstić information content (AvgIpc) is 2.40. The Kier molecular flexibility index (Phi) is 3.93. The summed E-state index contributed by atoms with van der Waals surface area (Å²) in [5.41, 5.74) is 0.697. The van der Waals surface area contributed by atoms with Gasteiger partial charge < -0.3 is 15.4 Å². The fourth-order valence-electron chi connectivity index (χ4n) is 1.88. The highest BCUT2D eigenvalue weighted by Gasteiger charge is 2.20. The maximum absolute atomic E-state index is 11.9. The fourth-order valence-corrected chi connectivity index (χ4v) is 1.88. The number of pyridine rings is 1. The van der Waals surface area contributed by atoms with E-state index in [4.69, 9.17) is 4.74 Å². The lowest BCUT2D eigenvalue weighted by Gasteiger charge is -2.22. The third-order valence-corrected chi connectivity index (χ3v) is 2.84. The fraction of sp³-hybridized carbons (Fsp3) is 0.500. The van der Waals surface area contributed by atoms with Gasteiger partial charge in [-0.05, 0) is 25.5 Å². The molecule has 0 radical (unpaired) electrons. The summed E-state index contributed by atoms with van der Waals surface area (Å²) >= 11 is 0. The van der Waals surface area contributed by atoms with Crippen LogP contribution in [0, 0.1) is 0 Å². The Bertz CT molecular complexity index is 372. The van der Waals surface area contributed by atoms with Crippen molar-refractivity contribution in [3.05, 3.63) is 18.3 Å². The molecule has 92 valence electrons. The molecule has 0 aliphatic carbocycles. The van der Waals surface area contributed by atoms with Crippen LogP contribution in [-0.4, -0.2) is 30.6 Å². The lowest BCUT2D eigenvalue weighted by Crippen LogP contribution is -2.43. The Morgan fingerprint density at radius 3 is 3.00 bits per heavy atom. The van der Waals surface area contributed by atoms with Gasteiger partial charge in [0.15, 0.2) is 0 Å². The van der Waals surface area contributed by atoms with E-state index in [1.807, 2.05) is 0 Å². The number of nitrogens with zero attached hydrogens (tertiary/aromatic N) is 1. The zero-order valence-electron chi connectivity index (χ0n) is 9.90. The molecule has 1 aliphatic rings. The molecule has 2 rings (SSSR count). The third-order valence-electron chi connectivity index (χ3n) is 2.84. The van der Waals surface area contributed by atoms with Crippen LogP contribution in [0.5, 0.6) is 5.88 Å². The van der Waals surface area contributed by atoms with Gasteiger partial charge in [0.05, 0.1) is 25.0 Å². The van der Waals surface area contributed by atoms with Crippen LogP contribution in [0.15, 0.2) is 18.3 Å². The maximum atomic E-state index is 11.9. The first kappa shape index (κ1) is 11.9. The number of carbonyl (C=O) groups excluding carboxylic acids is 1. The summed E-state index contributed by atoms with van der Waals surface area (Å²) in [5, 5.41) is 6.05. The summed E-state index contributed by atoms with van der Waals surface area (Å²) in [6.07, 6.45) is 4.74. The molecule has 1 amide bonds. The molecule has 1 atom stereocenters. The van der Waals surface area contributed by atoms with Crippen LogP contribution in [-0.2, 0) is 4.79 Å². The minimum Gasteiger partial charge on any atom is -0.481 e. The van der Waals surface area contributed by atoms with Gasteiger partial charge in [0, 0.05) is 6.07 Å². The lowest BCUT2D eigenvalue weighted by molar-refractivity contribution is -0.118. The summed E-state index contributed by atoms with van der Waals surface area (Å²) in [6.45, 7) is 0.916. The van der Waals surface area contributed by atoms with Gasteiger partial charge in [-0.25, -0.2) is 4.98 Å². The van der Waals surface area contributed by atoms with Gasteiger partial charge in [0.25, 0.3) is 0 Å². The van der Waals surface area contributed by atoms with Gasteiger partial charge in [0.2, 0.25) is 11.8 Å². The average molecular weight is 235 g/mol. The summed E-state index contributed by atoms with van der Waals surface area (Å²) in [4.78, 5) is 15.9. The molecule has 5 heteroatoms. The summed E-state index contributed by atoms with van der Waals surface area (Å²) in [5.74, 6) is 0.551. The minimum atomic E-state index is -0.0779. The number of hydrogen-bond donors (Lipinski definition) is 2. The first-order valence-corrected chi connectivity index (χ1v) is 5.84. The molecule has 5 nitrogen and oxygen atoms in total. The van der Waals surface area contributed by atoms with Gasteiger partial charge in [-0.3, -0.25) is 4.79 Å². The molecule has 1 fully saturated rings. The molecule has 17 heavy (non-hydrogen) atoms. The highest BCUT2D eigenvalue weighted by atomic mass is 16.5. The Labute approximate surface area is 101 Å². The van der Waals surface area contributed by atoms with E-state index in [-0.39, 0.29) is 11.9 Å². The Morgan fingerprint density at radius 1 is 1.53 bits per heavy atom. The number of ether oxygens (including phenoxy) is 1. The van der Waals surface area contributed by atoms with Gasteiger partial charge >= 0.3 is 0 Å². The van der Waals surface area contributed by atoms with Crippen molar-refractivity contribution in [3.63, 3.8) is 0 Å². The van der Waals surface area contributed by atoms with E-state index < -0.39 is 0 Å². The number of anilines is 1. The van der Waals surface area contributed by atoms with Crippen molar-refractivity contribution in [1.29, 1.82) is 0 Å². The first-order valence-electron chi connectivity index (χ1n) is 5.84. The van der Waals surface area contributed by atoms with Crippen molar-refractivity contribution in [2.24, 2.45) is 0 Å². The van der Waals surface area contributed by atoms with Crippen molar-refractivity contribution in [3.8, 4) is 5.88 Å². The Hall–Kier alpha value is -1.62. The molecule has 0 saturated carbocycles. The zero-order chi connectivity index (χ0) is 12.1. The largest absolute Gasteiger partial charge is 0.481 e. The van der Waals surface area contributed by atoms with Crippen LogP contribution in [0.2, 0.25) is 0 Å². The van der Waals surface area contributed by atoms with E-state index in [1.54, 1.807) is 25.4 Å². The summed E-state index contributed by atoms with van der Waals surface area (Å²) in [7, 11) is 1.56.